The van der Waals surface area contributed by atoms with E-state index in [1.54, 1.807) is 24.4 Å². The molecule has 0 saturated carbocycles. The van der Waals surface area contributed by atoms with E-state index in [1.165, 1.54) is 13.2 Å². The van der Waals surface area contributed by atoms with E-state index in [0.717, 1.165) is 5.56 Å². The highest BCUT2D eigenvalue weighted by molar-refractivity contribution is 5.87. The van der Waals surface area contributed by atoms with Crippen molar-refractivity contribution < 1.29 is 19.4 Å². The monoisotopic (exact) mass is 342 g/mol. The van der Waals surface area contributed by atoms with Gasteiger partial charge in [0.1, 0.15) is 6.61 Å². The molecule has 0 amide bonds. The number of ether oxygens (including phenoxy) is 2. The van der Waals surface area contributed by atoms with Crippen LogP contribution in [0.2, 0.25) is 0 Å². The molecule has 0 aliphatic heterocycles. The minimum Gasteiger partial charge on any atom is -0.476 e. The van der Waals surface area contributed by atoms with Crippen LogP contribution in [0.1, 0.15) is 17.2 Å². The van der Waals surface area contributed by atoms with E-state index >= 15 is 0 Å². The smallest absolute Gasteiger partial charge is 0.330 e. The van der Waals surface area contributed by atoms with Crippen molar-refractivity contribution in [1.29, 1.82) is 0 Å². The molecule has 2 N–H and O–H groups in total. The van der Waals surface area contributed by atoms with Gasteiger partial charge in [-0.1, -0.05) is 30.3 Å². The number of rotatable bonds is 9. The number of nitrogens with one attached hydrogen (secondary N) is 1. The summed E-state index contributed by atoms with van der Waals surface area (Å²) in [6.07, 6.45) is 3.98. The van der Waals surface area contributed by atoms with Crippen LogP contribution >= 0.6 is 0 Å². The highest BCUT2D eigenvalue weighted by atomic mass is 16.5. The number of hydrogen-bond donors (Lipinski definition) is 2. The maximum absolute atomic E-state index is 11.2. The normalized spacial score (nSPS) is 12.1. The maximum Gasteiger partial charge on any atom is 0.330 e. The van der Waals surface area contributed by atoms with Crippen LogP contribution in [0, 0.1) is 0 Å². The number of nitrogens with zero attached hydrogens (tertiary/aromatic N) is 1. The number of hydrogen-bond acceptors (Lipinski definition) is 6. The standard InChI is InChI=1S/C19H22N2O4/c1-24-18(23)10-9-16-8-5-11-21-19(16)25-13-12-20-14-17(22)15-6-3-2-4-7-15/h2-11,17,20,22H,12-14H2,1H3/b10-9+. The number of esters is 1. The molecule has 0 bridgehead atoms. The largest absolute Gasteiger partial charge is 0.476 e. The zero-order valence-corrected chi connectivity index (χ0v) is 14.1. The Hall–Kier alpha value is -2.70. The minimum absolute atomic E-state index is 0.386. The molecule has 0 aliphatic carbocycles. The van der Waals surface area contributed by atoms with Crippen LogP contribution in [0.3, 0.4) is 0 Å². The van der Waals surface area contributed by atoms with E-state index in [0.29, 0.717) is 31.1 Å². The molecular formula is C19H22N2O4. The lowest BCUT2D eigenvalue weighted by Crippen LogP contribution is -2.26. The molecule has 2 rings (SSSR count). The molecule has 1 aromatic carbocycles. The number of aliphatic hydroxyl groups is 1. The van der Waals surface area contributed by atoms with Gasteiger partial charge in [-0.25, -0.2) is 9.78 Å². The summed E-state index contributed by atoms with van der Waals surface area (Å²) in [6, 6.07) is 13.0. The lowest BCUT2D eigenvalue weighted by molar-refractivity contribution is -0.134. The van der Waals surface area contributed by atoms with Crippen molar-refractivity contribution >= 4 is 12.0 Å². The number of benzene rings is 1. The second-order valence-electron chi connectivity index (χ2n) is 5.23. The molecule has 0 aliphatic rings. The number of aliphatic hydroxyl groups excluding tert-OH is 1. The Morgan fingerprint density at radius 3 is 2.84 bits per heavy atom. The summed E-state index contributed by atoms with van der Waals surface area (Å²) in [5, 5.41) is 13.2. The van der Waals surface area contributed by atoms with Crippen LogP contribution in [0.25, 0.3) is 6.08 Å². The zero-order chi connectivity index (χ0) is 17.9. The van der Waals surface area contributed by atoms with E-state index in [2.05, 4.69) is 15.0 Å². The zero-order valence-electron chi connectivity index (χ0n) is 14.1. The molecule has 132 valence electrons. The van der Waals surface area contributed by atoms with Crippen LogP contribution in [0.15, 0.2) is 54.7 Å². The Morgan fingerprint density at radius 2 is 2.08 bits per heavy atom. The van der Waals surface area contributed by atoms with E-state index in [4.69, 9.17) is 4.74 Å². The van der Waals surface area contributed by atoms with Crippen molar-refractivity contribution in [3.63, 3.8) is 0 Å². The van der Waals surface area contributed by atoms with Gasteiger partial charge in [-0.2, -0.15) is 0 Å². The SMILES string of the molecule is COC(=O)/C=C/c1cccnc1OCCNCC(O)c1ccccc1. The molecule has 0 fully saturated rings. The average Bonchev–Trinajstić information content (AvgIpc) is 2.67. The second-order valence-corrected chi connectivity index (χ2v) is 5.23. The van der Waals surface area contributed by atoms with Gasteiger partial charge >= 0.3 is 5.97 Å². The third-order valence-electron chi connectivity index (χ3n) is 3.44. The molecule has 25 heavy (non-hydrogen) atoms. The summed E-state index contributed by atoms with van der Waals surface area (Å²) >= 11 is 0. The Labute approximate surface area is 147 Å². The lowest BCUT2D eigenvalue weighted by Gasteiger charge is -2.13. The summed E-state index contributed by atoms with van der Waals surface area (Å²) in [5.41, 5.74) is 1.56. The topological polar surface area (TPSA) is 80.7 Å². The van der Waals surface area contributed by atoms with Crippen molar-refractivity contribution in [1.82, 2.24) is 10.3 Å². The molecule has 1 aromatic heterocycles. The van der Waals surface area contributed by atoms with Crippen molar-refractivity contribution in [2.45, 2.75) is 6.10 Å². The van der Waals surface area contributed by atoms with Crippen LogP contribution < -0.4 is 10.1 Å². The van der Waals surface area contributed by atoms with E-state index in [9.17, 15) is 9.90 Å². The fourth-order valence-corrected chi connectivity index (χ4v) is 2.13. The van der Waals surface area contributed by atoms with Gasteiger partial charge in [0.05, 0.1) is 13.2 Å². The minimum atomic E-state index is -0.561. The Morgan fingerprint density at radius 1 is 1.28 bits per heavy atom. The molecule has 0 spiro atoms. The first-order valence-electron chi connectivity index (χ1n) is 7.98. The summed E-state index contributed by atoms with van der Waals surface area (Å²) in [6.45, 7) is 1.38. The summed E-state index contributed by atoms with van der Waals surface area (Å²) in [5.74, 6) is -0.000528. The predicted octanol–water partition coefficient (Wildman–Crippen LogP) is 1.97. The summed E-state index contributed by atoms with van der Waals surface area (Å²) < 4.78 is 10.2. The van der Waals surface area contributed by atoms with Crippen molar-refractivity contribution in [2.75, 3.05) is 26.8 Å². The quantitative estimate of drug-likeness (QED) is 0.412. The molecular weight excluding hydrogens is 320 g/mol. The average molecular weight is 342 g/mol. The van der Waals surface area contributed by atoms with E-state index in [-0.39, 0.29) is 0 Å². The van der Waals surface area contributed by atoms with Gasteiger partial charge in [-0.3, -0.25) is 0 Å². The van der Waals surface area contributed by atoms with Gasteiger partial charge in [0.2, 0.25) is 5.88 Å². The molecule has 1 heterocycles. The first-order valence-corrected chi connectivity index (χ1v) is 7.98. The second kappa shape index (κ2) is 10.2. The number of carbonyl (C=O) groups is 1. The highest BCUT2D eigenvalue weighted by Crippen LogP contribution is 2.16. The number of carbonyl (C=O) groups excluding carboxylic acids is 1. The first-order chi connectivity index (χ1) is 12.2. The van der Waals surface area contributed by atoms with Gasteiger partial charge in [0.15, 0.2) is 0 Å². The Bertz CT molecular complexity index is 689. The molecule has 0 saturated heterocycles. The van der Waals surface area contributed by atoms with Crippen LogP contribution in [0.4, 0.5) is 0 Å². The van der Waals surface area contributed by atoms with Crippen molar-refractivity contribution in [2.24, 2.45) is 0 Å². The Kier molecular flexibility index (Phi) is 7.62. The fraction of sp³-hybridized carbons (Fsp3) is 0.263. The molecule has 0 radical (unpaired) electrons. The van der Waals surface area contributed by atoms with Crippen molar-refractivity contribution in [3.8, 4) is 5.88 Å². The van der Waals surface area contributed by atoms with Gasteiger partial charge < -0.3 is 19.9 Å². The van der Waals surface area contributed by atoms with Crippen LogP contribution in [-0.2, 0) is 9.53 Å². The molecule has 1 atom stereocenters. The molecule has 2 aromatic rings. The molecule has 1 unspecified atom stereocenters. The first kappa shape index (κ1) is 18.6. The van der Waals surface area contributed by atoms with Crippen LogP contribution in [0.5, 0.6) is 5.88 Å². The van der Waals surface area contributed by atoms with Crippen LogP contribution in [-0.4, -0.2) is 42.9 Å². The third-order valence-corrected chi connectivity index (χ3v) is 3.44. The third kappa shape index (κ3) is 6.37. The highest BCUT2D eigenvalue weighted by Gasteiger charge is 2.06. The molecule has 6 nitrogen and oxygen atoms in total. The lowest BCUT2D eigenvalue weighted by atomic mass is 10.1. The van der Waals surface area contributed by atoms with Gasteiger partial charge in [0.25, 0.3) is 0 Å². The van der Waals surface area contributed by atoms with E-state index in [1.807, 2.05) is 30.3 Å². The predicted molar refractivity (Wildman–Crippen MR) is 95.1 cm³/mol. The summed E-state index contributed by atoms with van der Waals surface area (Å²) in [7, 11) is 1.32. The van der Waals surface area contributed by atoms with Gasteiger partial charge in [-0.15, -0.1) is 0 Å². The van der Waals surface area contributed by atoms with Gasteiger partial charge in [0, 0.05) is 30.9 Å². The number of methoxy groups -OCH3 is 1. The maximum atomic E-state index is 11.2. The number of pyridine rings is 1. The molecule has 6 heteroatoms. The fourth-order valence-electron chi connectivity index (χ4n) is 2.13. The van der Waals surface area contributed by atoms with Crippen molar-refractivity contribution in [3.05, 3.63) is 65.9 Å². The van der Waals surface area contributed by atoms with E-state index < -0.39 is 12.1 Å². The number of aromatic nitrogens is 1. The van der Waals surface area contributed by atoms with Gasteiger partial charge in [-0.05, 0) is 23.8 Å². The summed E-state index contributed by atoms with van der Waals surface area (Å²) in [4.78, 5) is 15.3. The Balaban J connectivity index is 1.76.